The maximum Gasteiger partial charge on any atom is 0.230 e. The summed E-state index contributed by atoms with van der Waals surface area (Å²) < 4.78 is 0. The first-order valence-corrected chi connectivity index (χ1v) is 10.4. The van der Waals surface area contributed by atoms with Crippen molar-refractivity contribution < 1.29 is 4.79 Å². The number of hydrogen-bond donors (Lipinski definition) is 1. The van der Waals surface area contributed by atoms with Crippen LogP contribution in [0, 0.1) is 20.8 Å². The van der Waals surface area contributed by atoms with E-state index in [9.17, 15) is 4.79 Å². The molecule has 6 heteroatoms. The van der Waals surface area contributed by atoms with Gasteiger partial charge < -0.3 is 0 Å². The van der Waals surface area contributed by atoms with Gasteiger partial charge in [0.2, 0.25) is 11.9 Å². The Morgan fingerprint density at radius 2 is 1.68 bits per heavy atom. The lowest BCUT2D eigenvalue weighted by Gasteiger charge is -2.23. The van der Waals surface area contributed by atoms with Gasteiger partial charge in [-0.3, -0.25) is 10.1 Å². The highest BCUT2D eigenvalue weighted by atomic mass is 16.1. The Morgan fingerprint density at radius 3 is 2.48 bits per heavy atom. The summed E-state index contributed by atoms with van der Waals surface area (Å²) in [7, 11) is 0. The first-order chi connectivity index (χ1) is 15.0. The second-order valence-corrected chi connectivity index (χ2v) is 8.20. The van der Waals surface area contributed by atoms with Gasteiger partial charge in [0.1, 0.15) is 0 Å². The number of carbonyl (C=O) groups excluding carboxylic acids is 1. The minimum absolute atomic E-state index is 0.0882. The highest BCUT2D eigenvalue weighted by Gasteiger charge is 2.28. The van der Waals surface area contributed by atoms with E-state index >= 15 is 0 Å². The van der Waals surface area contributed by atoms with Crippen molar-refractivity contribution in [1.82, 2.24) is 19.9 Å². The highest BCUT2D eigenvalue weighted by molar-refractivity contribution is 5.98. The molecule has 0 saturated carbocycles. The molecule has 1 aliphatic rings. The van der Waals surface area contributed by atoms with Crippen LogP contribution in [0.1, 0.15) is 50.8 Å². The SMILES string of the molecule is Cc1cc2nc(Nc3ncc4c(n3)CC(c3ccccc3)CC4=O)nc(C)c2cc1C. The van der Waals surface area contributed by atoms with Crippen LogP contribution in [0.4, 0.5) is 11.9 Å². The molecule has 1 aliphatic carbocycles. The highest BCUT2D eigenvalue weighted by Crippen LogP contribution is 2.32. The van der Waals surface area contributed by atoms with Gasteiger partial charge in [-0.2, -0.15) is 0 Å². The Morgan fingerprint density at radius 1 is 0.903 bits per heavy atom. The molecule has 0 bridgehead atoms. The monoisotopic (exact) mass is 409 g/mol. The number of aryl methyl sites for hydroxylation is 3. The third-order valence-corrected chi connectivity index (χ3v) is 6.04. The molecule has 0 amide bonds. The number of fused-ring (bicyclic) bond motifs is 2. The molecule has 6 nitrogen and oxygen atoms in total. The molecule has 1 atom stereocenters. The molecular formula is C25H23N5O. The third kappa shape index (κ3) is 3.65. The van der Waals surface area contributed by atoms with E-state index in [1.807, 2.05) is 25.1 Å². The summed E-state index contributed by atoms with van der Waals surface area (Å²) in [5.41, 5.74) is 6.73. The minimum Gasteiger partial charge on any atom is -0.294 e. The van der Waals surface area contributed by atoms with Crippen LogP contribution in [0.3, 0.4) is 0 Å². The second-order valence-electron chi connectivity index (χ2n) is 8.20. The molecule has 0 fully saturated rings. The average molecular weight is 409 g/mol. The van der Waals surface area contributed by atoms with Gasteiger partial charge in [-0.05, 0) is 61.9 Å². The number of rotatable bonds is 3. The maximum atomic E-state index is 12.7. The van der Waals surface area contributed by atoms with E-state index in [4.69, 9.17) is 0 Å². The maximum absolute atomic E-state index is 12.7. The van der Waals surface area contributed by atoms with E-state index in [-0.39, 0.29) is 11.7 Å². The fraction of sp³-hybridized carbons (Fsp3) is 0.240. The van der Waals surface area contributed by atoms with Crippen LogP contribution in [0.5, 0.6) is 0 Å². The van der Waals surface area contributed by atoms with Crippen LogP contribution >= 0.6 is 0 Å². The Hall–Kier alpha value is -3.67. The zero-order chi connectivity index (χ0) is 21.5. The molecule has 2 aromatic heterocycles. The van der Waals surface area contributed by atoms with E-state index < -0.39 is 0 Å². The molecule has 1 N–H and O–H groups in total. The quantitative estimate of drug-likeness (QED) is 0.513. The standard InChI is InChI=1S/C25H23N5O/c1-14-9-19-16(3)27-25(29-21(19)10-15(14)2)30-24-26-13-20-22(28-24)11-18(12-23(20)31)17-7-5-4-6-8-17/h4-10,13,18H,11-12H2,1-3H3,(H,26,27,28,29,30). The molecule has 154 valence electrons. The number of nitrogens with zero attached hydrogens (tertiary/aromatic N) is 4. The Bertz CT molecular complexity index is 1320. The number of Topliss-reactive ketones (excluding diaryl/α,β-unsaturated/α-hetero) is 1. The Balaban J connectivity index is 1.46. The van der Waals surface area contributed by atoms with Crippen molar-refractivity contribution in [3.05, 3.63) is 82.3 Å². The summed E-state index contributed by atoms with van der Waals surface area (Å²) in [6, 6.07) is 14.3. The number of hydrogen-bond acceptors (Lipinski definition) is 6. The lowest BCUT2D eigenvalue weighted by Crippen LogP contribution is -2.21. The molecule has 0 spiro atoms. The van der Waals surface area contributed by atoms with Crippen molar-refractivity contribution in [3.8, 4) is 0 Å². The lowest BCUT2D eigenvalue weighted by molar-refractivity contribution is 0.0962. The molecule has 1 unspecified atom stereocenters. The zero-order valence-electron chi connectivity index (χ0n) is 17.8. The van der Waals surface area contributed by atoms with Crippen molar-refractivity contribution in [1.29, 1.82) is 0 Å². The van der Waals surface area contributed by atoms with Crippen molar-refractivity contribution >= 4 is 28.6 Å². The number of ketones is 1. The summed E-state index contributed by atoms with van der Waals surface area (Å²) >= 11 is 0. The largest absolute Gasteiger partial charge is 0.294 e. The van der Waals surface area contributed by atoms with Gasteiger partial charge >= 0.3 is 0 Å². The fourth-order valence-corrected chi connectivity index (χ4v) is 4.16. The zero-order valence-corrected chi connectivity index (χ0v) is 17.8. The molecule has 31 heavy (non-hydrogen) atoms. The molecule has 4 aromatic rings. The lowest BCUT2D eigenvalue weighted by atomic mass is 9.82. The van der Waals surface area contributed by atoms with E-state index in [1.165, 1.54) is 11.1 Å². The third-order valence-electron chi connectivity index (χ3n) is 6.04. The van der Waals surface area contributed by atoms with Gasteiger partial charge in [-0.25, -0.2) is 19.9 Å². The molecule has 0 radical (unpaired) electrons. The molecule has 5 rings (SSSR count). The summed E-state index contributed by atoms with van der Waals surface area (Å²) in [6.07, 6.45) is 2.81. The van der Waals surface area contributed by atoms with Crippen LogP contribution in [0.25, 0.3) is 10.9 Å². The summed E-state index contributed by atoms with van der Waals surface area (Å²) in [4.78, 5) is 30.9. The molecular weight excluding hydrogens is 386 g/mol. The smallest absolute Gasteiger partial charge is 0.230 e. The molecule has 2 aromatic carbocycles. The van der Waals surface area contributed by atoms with E-state index in [2.05, 4.69) is 63.4 Å². The van der Waals surface area contributed by atoms with E-state index in [0.29, 0.717) is 30.3 Å². The van der Waals surface area contributed by atoms with Crippen LogP contribution in [-0.4, -0.2) is 25.7 Å². The molecule has 0 saturated heterocycles. The second kappa shape index (κ2) is 7.54. The predicted molar refractivity (Wildman–Crippen MR) is 121 cm³/mol. The summed E-state index contributed by atoms with van der Waals surface area (Å²) in [5.74, 6) is 1.08. The van der Waals surface area contributed by atoms with Crippen LogP contribution in [-0.2, 0) is 6.42 Å². The predicted octanol–water partition coefficient (Wildman–Crippen LogP) is 5.00. The van der Waals surface area contributed by atoms with Crippen molar-refractivity contribution in [3.63, 3.8) is 0 Å². The van der Waals surface area contributed by atoms with Gasteiger partial charge in [0.15, 0.2) is 5.78 Å². The van der Waals surface area contributed by atoms with Crippen LogP contribution < -0.4 is 5.32 Å². The Labute approximate surface area is 180 Å². The fourth-order valence-electron chi connectivity index (χ4n) is 4.16. The first-order valence-electron chi connectivity index (χ1n) is 10.4. The number of anilines is 2. The number of nitrogens with one attached hydrogen (secondary N) is 1. The summed E-state index contributed by atoms with van der Waals surface area (Å²) in [5, 5.41) is 4.17. The van der Waals surface area contributed by atoms with Crippen molar-refractivity contribution in [2.75, 3.05) is 5.32 Å². The van der Waals surface area contributed by atoms with Gasteiger partial charge in [0.25, 0.3) is 0 Å². The molecule has 0 aliphatic heterocycles. The molecule has 2 heterocycles. The number of aromatic nitrogens is 4. The van der Waals surface area contributed by atoms with Gasteiger partial charge in [-0.1, -0.05) is 30.3 Å². The topological polar surface area (TPSA) is 80.7 Å². The average Bonchev–Trinajstić information content (AvgIpc) is 2.75. The number of benzene rings is 2. The minimum atomic E-state index is 0.0882. The van der Waals surface area contributed by atoms with Gasteiger partial charge in [0.05, 0.1) is 22.5 Å². The van der Waals surface area contributed by atoms with Crippen LogP contribution in [0.15, 0.2) is 48.7 Å². The van der Waals surface area contributed by atoms with Crippen molar-refractivity contribution in [2.45, 2.75) is 39.5 Å². The number of carbonyl (C=O) groups is 1. The Kier molecular flexibility index (Phi) is 4.70. The van der Waals surface area contributed by atoms with Gasteiger partial charge in [-0.15, -0.1) is 0 Å². The van der Waals surface area contributed by atoms with Gasteiger partial charge in [0, 0.05) is 18.0 Å². The summed E-state index contributed by atoms with van der Waals surface area (Å²) in [6.45, 7) is 6.14. The normalized spacial score (nSPS) is 15.7. The van der Waals surface area contributed by atoms with E-state index in [1.54, 1.807) is 6.20 Å². The van der Waals surface area contributed by atoms with Crippen LogP contribution in [0.2, 0.25) is 0 Å². The van der Waals surface area contributed by atoms with Crippen molar-refractivity contribution in [2.24, 2.45) is 0 Å². The van der Waals surface area contributed by atoms with E-state index in [0.717, 1.165) is 27.9 Å². The first kappa shape index (κ1) is 19.3.